The number of nitrogens with zero attached hydrogens (tertiary/aromatic N) is 6. The molecule has 4 heterocycles. The molecule has 44 heavy (non-hydrogen) atoms. The standard InChI is InChI=1S/C28H29F5N8O3/c1-27(2,30)26(43)40-13-18(14-40)22-11-16-9-19(36-38-24(16)35-22)5-3-4-8-41-15-23(37-39-41)25(42)34-12-17-10-20(6-7-21(17)29)44-28(31,32)33/h6-7,9-11,15,18H,3-5,8,12-14H2,1-2H3,(H,34,42)(H,35,38). The van der Waals surface area contributed by atoms with Gasteiger partial charge in [0.05, 0.1) is 11.9 Å². The van der Waals surface area contributed by atoms with Crippen LogP contribution < -0.4 is 10.1 Å². The van der Waals surface area contributed by atoms with Crippen molar-refractivity contribution < 1.29 is 36.3 Å². The molecular formula is C28H29F5N8O3. The van der Waals surface area contributed by atoms with Gasteiger partial charge >= 0.3 is 6.36 Å². The second-order valence-electron chi connectivity index (χ2n) is 11.1. The Morgan fingerprint density at radius 3 is 2.57 bits per heavy atom. The number of hydrogen-bond acceptors (Lipinski definition) is 7. The van der Waals surface area contributed by atoms with Gasteiger partial charge in [0.15, 0.2) is 17.0 Å². The van der Waals surface area contributed by atoms with Crippen LogP contribution in [0.2, 0.25) is 0 Å². The molecule has 5 rings (SSSR count). The summed E-state index contributed by atoms with van der Waals surface area (Å²) in [6.07, 6.45) is -1.43. The van der Waals surface area contributed by atoms with E-state index >= 15 is 0 Å². The third kappa shape index (κ3) is 7.47. The quantitative estimate of drug-likeness (QED) is 0.190. The van der Waals surface area contributed by atoms with Crippen molar-refractivity contribution in [2.45, 2.75) is 64.1 Å². The van der Waals surface area contributed by atoms with Crippen molar-refractivity contribution in [2.75, 3.05) is 13.1 Å². The van der Waals surface area contributed by atoms with Gasteiger partial charge in [0.1, 0.15) is 11.6 Å². The normalized spacial score (nSPS) is 14.1. The van der Waals surface area contributed by atoms with Gasteiger partial charge in [-0.2, -0.15) is 5.10 Å². The van der Waals surface area contributed by atoms with E-state index in [1.165, 1.54) is 29.6 Å². The fourth-order valence-corrected chi connectivity index (χ4v) is 4.80. The van der Waals surface area contributed by atoms with Crippen molar-refractivity contribution in [1.29, 1.82) is 0 Å². The van der Waals surface area contributed by atoms with Crippen LogP contribution in [0.4, 0.5) is 22.0 Å². The molecule has 0 aliphatic carbocycles. The van der Waals surface area contributed by atoms with Crippen LogP contribution in [0, 0.1) is 5.82 Å². The number of carbonyl (C=O) groups excluding carboxylic acids is 2. The smallest absolute Gasteiger partial charge is 0.406 e. The number of likely N-dealkylation sites (tertiary alicyclic amines) is 1. The third-order valence-electron chi connectivity index (χ3n) is 7.10. The summed E-state index contributed by atoms with van der Waals surface area (Å²) in [6.45, 7) is 3.48. The minimum Gasteiger partial charge on any atom is -0.406 e. The second-order valence-corrected chi connectivity index (χ2v) is 11.1. The first-order chi connectivity index (χ1) is 20.7. The Hall–Kier alpha value is -4.63. The lowest BCUT2D eigenvalue weighted by Gasteiger charge is -2.40. The van der Waals surface area contributed by atoms with Crippen molar-refractivity contribution in [3.63, 3.8) is 0 Å². The van der Waals surface area contributed by atoms with E-state index in [4.69, 9.17) is 0 Å². The van der Waals surface area contributed by atoms with Crippen LogP contribution in [-0.2, 0) is 24.3 Å². The van der Waals surface area contributed by atoms with Gasteiger partial charge in [-0.25, -0.2) is 8.78 Å². The van der Waals surface area contributed by atoms with E-state index in [1.54, 1.807) is 0 Å². The summed E-state index contributed by atoms with van der Waals surface area (Å²) in [7, 11) is 0. The highest BCUT2D eigenvalue weighted by Gasteiger charge is 2.40. The SMILES string of the molecule is CC(C)(F)C(=O)N1CC(c2cc3cc(CCCCn4cc(C(=O)NCc5cc(OC(F)(F)F)ccc5F)nn4)nnc3[nH]2)C1. The van der Waals surface area contributed by atoms with Gasteiger partial charge in [-0.3, -0.25) is 14.3 Å². The molecule has 0 saturated carbocycles. The number of aryl methyl sites for hydroxylation is 2. The Bertz CT molecular complexity index is 1660. The molecule has 1 aromatic carbocycles. The second kappa shape index (κ2) is 12.2. The summed E-state index contributed by atoms with van der Waals surface area (Å²) in [5, 5.41) is 19.6. The Kier molecular flexibility index (Phi) is 8.52. The van der Waals surface area contributed by atoms with Crippen molar-refractivity contribution in [3.05, 3.63) is 65.0 Å². The number of alkyl halides is 4. The number of amides is 2. The number of nitrogens with one attached hydrogen (secondary N) is 2. The van der Waals surface area contributed by atoms with Crippen molar-refractivity contribution >= 4 is 22.8 Å². The Balaban J connectivity index is 1.07. The number of unbranched alkanes of at least 4 members (excludes halogenated alkanes) is 1. The minimum absolute atomic E-state index is 0.0277. The zero-order valence-electron chi connectivity index (χ0n) is 23.8. The van der Waals surface area contributed by atoms with Gasteiger partial charge in [0.25, 0.3) is 11.8 Å². The monoisotopic (exact) mass is 620 g/mol. The molecule has 11 nitrogen and oxygen atoms in total. The first kappa shape index (κ1) is 30.8. The number of H-pyrrole nitrogens is 1. The third-order valence-corrected chi connectivity index (χ3v) is 7.10. The summed E-state index contributed by atoms with van der Waals surface area (Å²) in [6, 6.07) is 6.44. The molecule has 0 bridgehead atoms. The highest BCUT2D eigenvalue weighted by molar-refractivity contribution is 5.91. The molecule has 1 aliphatic heterocycles. The van der Waals surface area contributed by atoms with Crippen molar-refractivity contribution in [2.24, 2.45) is 0 Å². The number of rotatable bonds is 11. The van der Waals surface area contributed by atoms with Crippen LogP contribution in [0.3, 0.4) is 0 Å². The molecule has 16 heteroatoms. The lowest BCUT2D eigenvalue weighted by atomic mass is 9.94. The average Bonchev–Trinajstić information content (AvgIpc) is 3.56. The van der Waals surface area contributed by atoms with E-state index in [2.05, 4.69) is 35.5 Å². The lowest BCUT2D eigenvalue weighted by Crippen LogP contribution is -2.54. The molecule has 0 atom stereocenters. The van der Waals surface area contributed by atoms with Gasteiger partial charge in [-0.15, -0.1) is 23.4 Å². The van der Waals surface area contributed by atoms with Crippen LogP contribution in [-0.4, -0.2) is 72.0 Å². The molecule has 0 unspecified atom stereocenters. The number of hydrogen-bond donors (Lipinski definition) is 2. The maximum absolute atomic E-state index is 14.0. The predicted molar refractivity (Wildman–Crippen MR) is 146 cm³/mol. The molecule has 2 amide bonds. The fraction of sp³-hybridized carbons (Fsp3) is 0.429. The number of aromatic amines is 1. The summed E-state index contributed by atoms with van der Waals surface area (Å²) in [5.41, 5.74) is 0.247. The predicted octanol–water partition coefficient (Wildman–Crippen LogP) is 4.21. The highest BCUT2D eigenvalue weighted by atomic mass is 19.4. The first-order valence-electron chi connectivity index (χ1n) is 13.8. The zero-order chi connectivity index (χ0) is 31.6. The number of aromatic nitrogens is 6. The van der Waals surface area contributed by atoms with Gasteiger partial charge in [0, 0.05) is 48.7 Å². The molecule has 2 N–H and O–H groups in total. The van der Waals surface area contributed by atoms with E-state index in [-0.39, 0.29) is 23.7 Å². The maximum atomic E-state index is 14.0. The van der Waals surface area contributed by atoms with Gasteiger partial charge in [-0.05, 0) is 63.4 Å². The molecule has 3 aromatic heterocycles. The van der Waals surface area contributed by atoms with E-state index in [1.807, 2.05) is 12.1 Å². The van der Waals surface area contributed by atoms with E-state index < -0.39 is 35.4 Å². The summed E-state index contributed by atoms with van der Waals surface area (Å²) in [5.74, 6) is -2.50. The first-order valence-corrected chi connectivity index (χ1v) is 13.8. The zero-order valence-corrected chi connectivity index (χ0v) is 23.8. The molecular weight excluding hydrogens is 591 g/mol. The van der Waals surface area contributed by atoms with Gasteiger partial charge in [-0.1, -0.05) is 5.21 Å². The van der Waals surface area contributed by atoms with E-state index in [0.717, 1.165) is 41.4 Å². The van der Waals surface area contributed by atoms with Crippen LogP contribution in [0.5, 0.6) is 5.75 Å². The van der Waals surface area contributed by atoms with Gasteiger partial charge in [0.2, 0.25) is 0 Å². The van der Waals surface area contributed by atoms with Gasteiger partial charge < -0.3 is 19.9 Å². The summed E-state index contributed by atoms with van der Waals surface area (Å²) in [4.78, 5) is 29.2. The molecule has 234 valence electrons. The van der Waals surface area contributed by atoms with Crippen LogP contribution in [0.1, 0.15) is 60.0 Å². The van der Waals surface area contributed by atoms with Crippen LogP contribution in [0.15, 0.2) is 36.5 Å². The minimum atomic E-state index is -4.93. The van der Waals surface area contributed by atoms with Crippen molar-refractivity contribution in [3.8, 4) is 5.75 Å². The van der Waals surface area contributed by atoms with Crippen LogP contribution in [0.25, 0.3) is 11.0 Å². The van der Waals surface area contributed by atoms with Crippen molar-refractivity contribution in [1.82, 2.24) is 40.4 Å². The molecule has 0 spiro atoms. The largest absolute Gasteiger partial charge is 0.573 e. The van der Waals surface area contributed by atoms with Crippen LogP contribution >= 0.6 is 0 Å². The van der Waals surface area contributed by atoms with E-state index in [9.17, 15) is 31.5 Å². The molecule has 4 aromatic rings. The molecule has 1 fully saturated rings. The average molecular weight is 621 g/mol. The van der Waals surface area contributed by atoms with E-state index in [0.29, 0.717) is 38.1 Å². The molecule has 1 saturated heterocycles. The fourth-order valence-electron chi connectivity index (χ4n) is 4.80. The number of benzene rings is 1. The lowest BCUT2D eigenvalue weighted by molar-refractivity contribution is -0.274. The molecule has 1 aliphatic rings. The molecule has 0 radical (unpaired) electrons. The number of ether oxygens (including phenoxy) is 1. The topological polar surface area (TPSA) is 131 Å². The Labute approximate surface area is 247 Å². The number of carbonyl (C=O) groups is 2. The summed E-state index contributed by atoms with van der Waals surface area (Å²) >= 11 is 0. The Morgan fingerprint density at radius 1 is 1.07 bits per heavy atom. The number of fused-ring (bicyclic) bond motifs is 1. The number of halogens is 5. The highest BCUT2D eigenvalue weighted by Crippen LogP contribution is 2.31. The Morgan fingerprint density at radius 2 is 1.84 bits per heavy atom. The maximum Gasteiger partial charge on any atom is 0.573 e. The summed E-state index contributed by atoms with van der Waals surface area (Å²) < 4.78 is 70.5.